The molecule has 80 valence electrons. The second kappa shape index (κ2) is 6.56. The van der Waals surface area contributed by atoms with E-state index in [4.69, 9.17) is 9.15 Å². The molecule has 1 rings (SSSR count). The van der Waals surface area contributed by atoms with Gasteiger partial charge in [0.1, 0.15) is 12.4 Å². The zero-order valence-electron chi connectivity index (χ0n) is 8.88. The van der Waals surface area contributed by atoms with Crippen LogP contribution in [0.3, 0.4) is 0 Å². The quantitative estimate of drug-likeness (QED) is 0.672. The van der Waals surface area contributed by atoms with Gasteiger partial charge in [0, 0.05) is 20.1 Å². The van der Waals surface area contributed by atoms with Crippen molar-refractivity contribution in [3.05, 3.63) is 17.8 Å². The molecule has 1 aromatic rings. The second-order valence-corrected chi connectivity index (χ2v) is 3.15. The molecule has 0 aliphatic heterocycles. The van der Waals surface area contributed by atoms with E-state index in [1.807, 2.05) is 0 Å². The Morgan fingerprint density at radius 3 is 3.07 bits per heavy atom. The fraction of sp³-hybridized carbons (Fsp3) is 0.700. The van der Waals surface area contributed by atoms with Crippen molar-refractivity contribution in [1.29, 1.82) is 0 Å². The summed E-state index contributed by atoms with van der Waals surface area (Å²) in [4.78, 5) is 4.15. The summed E-state index contributed by atoms with van der Waals surface area (Å²) < 4.78 is 10.4. The summed E-state index contributed by atoms with van der Waals surface area (Å²) in [5, 5.41) is 3.29. The van der Waals surface area contributed by atoms with Gasteiger partial charge >= 0.3 is 0 Å². The Morgan fingerprint density at radius 1 is 1.50 bits per heavy atom. The molecule has 14 heavy (non-hydrogen) atoms. The highest BCUT2D eigenvalue weighted by molar-refractivity contribution is 4.92. The molecule has 0 unspecified atom stereocenters. The van der Waals surface area contributed by atoms with Crippen molar-refractivity contribution in [3.63, 3.8) is 0 Å². The van der Waals surface area contributed by atoms with Crippen molar-refractivity contribution in [1.82, 2.24) is 10.3 Å². The topological polar surface area (TPSA) is 47.3 Å². The van der Waals surface area contributed by atoms with E-state index in [0.29, 0.717) is 6.61 Å². The van der Waals surface area contributed by atoms with Crippen molar-refractivity contribution in [2.45, 2.75) is 26.4 Å². The van der Waals surface area contributed by atoms with Crippen molar-refractivity contribution in [2.24, 2.45) is 0 Å². The maximum absolute atomic E-state index is 5.43. The first-order valence-electron chi connectivity index (χ1n) is 5.00. The lowest BCUT2D eigenvalue weighted by molar-refractivity contribution is 0.162. The molecule has 0 aromatic carbocycles. The molecule has 0 atom stereocenters. The van der Waals surface area contributed by atoms with Crippen LogP contribution in [-0.4, -0.2) is 25.2 Å². The standard InChI is InChI=1S/C10H18N2O2/c1-3-5-11-6-4-10-12-7-9(14-10)8-13-2/h7,11H,3-6,8H2,1-2H3. The number of oxazole rings is 1. The van der Waals surface area contributed by atoms with Gasteiger partial charge in [0.25, 0.3) is 0 Å². The van der Waals surface area contributed by atoms with Crippen LogP contribution in [-0.2, 0) is 17.8 Å². The molecule has 0 aliphatic carbocycles. The summed E-state index contributed by atoms with van der Waals surface area (Å²) >= 11 is 0. The van der Waals surface area contributed by atoms with E-state index in [1.54, 1.807) is 13.3 Å². The molecular formula is C10H18N2O2. The van der Waals surface area contributed by atoms with Gasteiger partial charge in [0.15, 0.2) is 5.89 Å². The lowest BCUT2D eigenvalue weighted by atomic mass is 10.4. The summed E-state index contributed by atoms with van der Waals surface area (Å²) in [5.41, 5.74) is 0. The average molecular weight is 198 g/mol. The Labute approximate surface area is 84.7 Å². The van der Waals surface area contributed by atoms with Crippen molar-refractivity contribution < 1.29 is 9.15 Å². The Hall–Kier alpha value is -0.870. The van der Waals surface area contributed by atoms with Crippen LogP contribution in [0.5, 0.6) is 0 Å². The molecule has 1 aromatic heterocycles. The van der Waals surface area contributed by atoms with Crippen LogP contribution in [0.15, 0.2) is 10.6 Å². The summed E-state index contributed by atoms with van der Waals surface area (Å²) in [6.07, 6.45) is 3.71. The third kappa shape index (κ3) is 3.89. The van der Waals surface area contributed by atoms with Crippen LogP contribution in [0.4, 0.5) is 0 Å². The van der Waals surface area contributed by atoms with E-state index in [-0.39, 0.29) is 0 Å². The Balaban J connectivity index is 2.22. The Morgan fingerprint density at radius 2 is 2.36 bits per heavy atom. The zero-order chi connectivity index (χ0) is 10.2. The summed E-state index contributed by atoms with van der Waals surface area (Å²) in [7, 11) is 1.64. The van der Waals surface area contributed by atoms with Gasteiger partial charge in [-0.15, -0.1) is 0 Å². The first-order chi connectivity index (χ1) is 6.86. The number of ether oxygens (including phenoxy) is 1. The number of methoxy groups -OCH3 is 1. The zero-order valence-corrected chi connectivity index (χ0v) is 8.88. The third-order valence-corrected chi connectivity index (χ3v) is 1.83. The predicted molar refractivity (Wildman–Crippen MR) is 54.1 cm³/mol. The minimum absolute atomic E-state index is 0.495. The SMILES string of the molecule is CCCNCCc1ncc(COC)o1. The maximum Gasteiger partial charge on any atom is 0.195 e. The van der Waals surface area contributed by atoms with Gasteiger partial charge in [-0.05, 0) is 13.0 Å². The molecular weight excluding hydrogens is 180 g/mol. The van der Waals surface area contributed by atoms with Gasteiger partial charge in [-0.3, -0.25) is 0 Å². The van der Waals surface area contributed by atoms with Crippen LogP contribution in [0.1, 0.15) is 25.0 Å². The summed E-state index contributed by atoms with van der Waals surface area (Å²) in [6.45, 7) is 4.61. The fourth-order valence-corrected chi connectivity index (χ4v) is 1.17. The lowest BCUT2D eigenvalue weighted by Gasteiger charge is -1.99. The second-order valence-electron chi connectivity index (χ2n) is 3.15. The van der Waals surface area contributed by atoms with Crippen molar-refractivity contribution in [2.75, 3.05) is 20.2 Å². The van der Waals surface area contributed by atoms with Gasteiger partial charge in [-0.25, -0.2) is 4.98 Å². The molecule has 1 heterocycles. The molecule has 4 heteroatoms. The Kier molecular flexibility index (Phi) is 5.25. The molecule has 0 spiro atoms. The molecule has 0 fully saturated rings. The normalized spacial score (nSPS) is 10.7. The number of nitrogens with one attached hydrogen (secondary N) is 1. The monoisotopic (exact) mass is 198 g/mol. The highest BCUT2D eigenvalue weighted by Crippen LogP contribution is 2.04. The molecule has 0 saturated heterocycles. The van der Waals surface area contributed by atoms with Gasteiger partial charge in [0.05, 0.1) is 6.20 Å². The highest BCUT2D eigenvalue weighted by atomic mass is 16.5. The number of aromatic nitrogens is 1. The molecule has 0 aliphatic rings. The first kappa shape index (κ1) is 11.2. The van der Waals surface area contributed by atoms with E-state index in [1.165, 1.54) is 0 Å². The molecule has 0 saturated carbocycles. The highest BCUT2D eigenvalue weighted by Gasteiger charge is 2.02. The number of nitrogens with zero attached hydrogens (tertiary/aromatic N) is 1. The summed E-state index contributed by atoms with van der Waals surface area (Å²) in [6, 6.07) is 0. The van der Waals surface area contributed by atoms with Crippen LogP contribution in [0.25, 0.3) is 0 Å². The predicted octanol–water partition coefficient (Wildman–Crippen LogP) is 1.36. The minimum Gasteiger partial charge on any atom is -0.443 e. The molecule has 0 bridgehead atoms. The maximum atomic E-state index is 5.43. The number of hydrogen-bond donors (Lipinski definition) is 1. The van der Waals surface area contributed by atoms with Crippen LogP contribution < -0.4 is 5.32 Å². The largest absolute Gasteiger partial charge is 0.443 e. The average Bonchev–Trinajstić information content (AvgIpc) is 2.61. The number of hydrogen-bond acceptors (Lipinski definition) is 4. The van der Waals surface area contributed by atoms with Gasteiger partial charge < -0.3 is 14.5 Å². The van der Waals surface area contributed by atoms with E-state index in [2.05, 4.69) is 17.2 Å². The fourth-order valence-electron chi connectivity index (χ4n) is 1.17. The van der Waals surface area contributed by atoms with Crippen molar-refractivity contribution >= 4 is 0 Å². The lowest BCUT2D eigenvalue weighted by Crippen LogP contribution is -2.17. The van der Waals surface area contributed by atoms with E-state index >= 15 is 0 Å². The van der Waals surface area contributed by atoms with Crippen LogP contribution in [0, 0.1) is 0 Å². The third-order valence-electron chi connectivity index (χ3n) is 1.83. The van der Waals surface area contributed by atoms with Gasteiger partial charge in [-0.2, -0.15) is 0 Å². The van der Waals surface area contributed by atoms with E-state index in [9.17, 15) is 0 Å². The summed E-state index contributed by atoms with van der Waals surface area (Å²) in [5.74, 6) is 1.57. The van der Waals surface area contributed by atoms with Crippen LogP contribution >= 0.6 is 0 Å². The Bertz CT molecular complexity index is 248. The van der Waals surface area contributed by atoms with Gasteiger partial charge in [-0.1, -0.05) is 6.92 Å². The van der Waals surface area contributed by atoms with Gasteiger partial charge in [0.2, 0.25) is 0 Å². The molecule has 1 N–H and O–H groups in total. The smallest absolute Gasteiger partial charge is 0.195 e. The first-order valence-corrected chi connectivity index (χ1v) is 5.00. The van der Waals surface area contributed by atoms with Crippen molar-refractivity contribution in [3.8, 4) is 0 Å². The minimum atomic E-state index is 0.495. The number of rotatable bonds is 7. The van der Waals surface area contributed by atoms with E-state index in [0.717, 1.165) is 37.6 Å². The van der Waals surface area contributed by atoms with Crippen LogP contribution in [0.2, 0.25) is 0 Å². The molecule has 0 amide bonds. The molecule has 4 nitrogen and oxygen atoms in total. The molecule has 0 radical (unpaired) electrons. The van der Waals surface area contributed by atoms with E-state index < -0.39 is 0 Å².